The lowest BCUT2D eigenvalue weighted by atomic mass is 9.83. The second-order valence-corrected chi connectivity index (χ2v) is 7.68. The average Bonchev–Trinajstić information content (AvgIpc) is 2.94. The summed E-state index contributed by atoms with van der Waals surface area (Å²) in [6, 6.07) is 3.23. The highest BCUT2D eigenvalue weighted by Crippen LogP contribution is 2.28. The molecule has 1 aliphatic carbocycles. The van der Waals surface area contributed by atoms with E-state index < -0.39 is 10.0 Å². The van der Waals surface area contributed by atoms with Gasteiger partial charge in [0.25, 0.3) is 10.0 Å². The fraction of sp³-hybridized carbons (Fsp3) is 0.733. The van der Waals surface area contributed by atoms with Gasteiger partial charge < -0.3 is 9.73 Å². The molecule has 0 unspecified atom stereocenters. The number of rotatable bonds is 7. The van der Waals surface area contributed by atoms with Crippen molar-refractivity contribution < 1.29 is 12.8 Å². The minimum atomic E-state index is -3.52. The van der Waals surface area contributed by atoms with E-state index in [2.05, 4.69) is 17.0 Å². The Bertz CT molecular complexity index is 531. The summed E-state index contributed by atoms with van der Waals surface area (Å²) in [7, 11) is -3.52. The lowest BCUT2D eigenvalue weighted by molar-refractivity contribution is 0.290. The Morgan fingerprint density at radius 3 is 2.62 bits per heavy atom. The van der Waals surface area contributed by atoms with E-state index in [0.29, 0.717) is 24.8 Å². The number of furan rings is 1. The van der Waals surface area contributed by atoms with Gasteiger partial charge in [-0.3, -0.25) is 0 Å². The third-order valence-electron chi connectivity index (χ3n) is 4.15. The largest absolute Gasteiger partial charge is 0.447 e. The lowest BCUT2D eigenvalue weighted by Gasteiger charge is -2.25. The van der Waals surface area contributed by atoms with Gasteiger partial charge in [0.1, 0.15) is 5.76 Å². The summed E-state index contributed by atoms with van der Waals surface area (Å²) in [4.78, 5) is 0. The maximum atomic E-state index is 12.2. The molecule has 0 spiro atoms. The molecule has 0 bridgehead atoms. The van der Waals surface area contributed by atoms with Crippen molar-refractivity contribution in [1.29, 1.82) is 0 Å². The smallest absolute Gasteiger partial charge is 0.273 e. The Morgan fingerprint density at radius 1 is 1.24 bits per heavy atom. The predicted molar refractivity (Wildman–Crippen MR) is 82.4 cm³/mol. The van der Waals surface area contributed by atoms with Crippen molar-refractivity contribution in [3.8, 4) is 0 Å². The van der Waals surface area contributed by atoms with Crippen molar-refractivity contribution in [2.24, 2.45) is 11.8 Å². The second-order valence-electron chi connectivity index (χ2n) is 5.98. The van der Waals surface area contributed by atoms with Crippen molar-refractivity contribution in [3.63, 3.8) is 0 Å². The molecule has 1 saturated carbocycles. The van der Waals surface area contributed by atoms with Crippen LogP contribution in [-0.4, -0.2) is 21.5 Å². The summed E-state index contributed by atoms with van der Waals surface area (Å²) >= 11 is 0. The minimum Gasteiger partial charge on any atom is -0.447 e. The van der Waals surface area contributed by atoms with E-state index in [-0.39, 0.29) is 5.09 Å². The first-order chi connectivity index (χ1) is 10.0. The van der Waals surface area contributed by atoms with Crippen molar-refractivity contribution >= 4 is 10.0 Å². The van der Waals surface area contributed by atoms with Crippen LogP contribution in [0.5, 0.6) is 0 Å². The number of nitrogens with one attached hydrogen (secondary N) is 2. The van der Waals surface area contributed by atoms with E-state index in [9.17, 15) is 8.42 Å². The molecule has 21 heavy (non-hydrogen) atoms. The Kier molecular flexibility index (Phi) is 5.84. The van der Waals surface area contributed by atoms with Crippen LogP contribution in [0.4, 0.5) is 0 Å². The van der Waals surface area contributed by atoms with Gasteiger partial charge in [0.05, 0.1) is 6.54 Å². The molecule has 0 amide bonds. The molecule has 6 heteroatoms. The second kappa shape index (κ2) is 7.42. The van der Waals surface area contributed by atoms with E-state index in [1.54, 1.807) is 6.07 Å². The zero-order chi connectivity index (χ0) is 15.3. The maximum Gasteiger partial charge on any atom is 0.273 e. The predicted octanol–water partition coefficient (Wildman–Crippen LogP) is 2.49. The average molecular weight is 314 g/mol. The molecule has 0 atom stereocenters. The molecular weight excluding hydrogens is 288 g/mol. The van der Waals surface area contributed by atoms with Crippen molar-refractivity contribution in [3.05, 3.63) is 17.9 Å². The van der Waals surface area contributed by atoms with E-state index in [1.807, 2.05) is 6.92 Å². The topological polar surface area (TPSA) is 71.3 Å². The van der Waals surface area contributed by atoms with Gasteiger partial charge >= 0.3 is 0 Å². The van der Waals surface area contributed by atoms with Gasteiger partial charge in [-0.05, 0) is 43.4 Å². The first-order valence-electron chi connectivity index (χ1n) is 7.80. The summed E-state index contributed by atoms with van der Waals surface area (Å²) < 4.78 is 32.5. The van der Waals surface area contributed by atoms with Crippen LogP contribution in [0.3, 0.4) is 0 Å². The van der Waals surface area contributed by atoms with Crippen LogP contribution in [0, 0.1) is 11.8 Å². The number of hydrogen-bond acceptors (Lipinski definition) is 4. The van der Waals surface area contributed by atoms with Gasteiger partial charge in [0.15, 0.2) is 0 Å². The van der Waals surface area contributed by atoms with E-state index in [4.69, 9.17) is 4.42 Å². The van der Waals surface area contributed by atoms with Crippen molar-refractivity contribution in [2.45, 2.75) is 51.2 Å². The monoisotopic (exact) mass is 314 g/mol. The lowest BCUT2D eigenvalue weighted by Crippen LogP contribution is -2.31. The van der Waals surface area contributed by atoms with Crippen LogP contribution in [0.25, 0.3) is 0 Å². The van der Waals surface area contributed by atoms with Gasteiger partial charge in [-0.25, -0.2) is 13.1 Å². The van der Waals surface area contributed by atoms with Crippen LogP contribution >= 0.6 is 0 Å². The zero-order valence-electron chi connectivity index (χ0n) is 12.9. The Hall–Kier alpha value is -0.850. The van der Waals surface area contributed by atoms with Gasteiger partial charge in [0, 0.05) is 6.54 Å². The molecule has 1 heterocycles. The van der Waals surface area contributed by atoms with Crippen LogP contribution in [-0.2, 0) is 16.6 Å². The summed E-state index contributed by atoms with van der Waals surface area (Å²) in [5.41, 5.74) is 0. The molecule has 0 saturated heterocycles. The Labute approximate surface area is 127 Å². The SMILES string of the molecule is CCNCc1ccc(S(=O)(=O)NCC2CCC(C)CC2)o1. The Morgan fingerprint density at radius 2 is 1.95 bits per heavy atom. The van der Waals surface area contributed by atoms with Crippen LogP contribution in [0.2, 0.25) is 0 Å². The minimum absolute atomic E-state index is 0.0135. The maximum absolute atomic E-state index is 12.2. The molecule has 1 aromatic heterocycles. The summed E-state index contributed by atoms with van der Waals surface area (Å²) in [6.07, 6.45) is 4.60. The van der Waals surface area contributed by atoms with E-state index >= 15 is 0 Å². The van der Waals surface area contributed by atoms with Crippen LogP contribution in [0.1, 0.15) is 45.3 Å². The number of sulfonamides is 1. The molecule has 1 aliphatic rings. The first kappa shape index (κ1) is 16.5. The van der Waals surface area contributed by atoms with Gasteiger partial charge in [0.2, 0.25) is 5.09 Å². The van der Waals surface area contributed by atoms with Crippen molar-refractivity contribution in [2.75, 3.05) is 13.1 Å². The van der Waals surface area contributed by atoms with Crippen LogP contribution in [0.15, 0.2) is 21.6 Å². The third-order valence-corrected chi connectivity index (χ3v) is 5.44. The van der Waals surface area contributed by atoms with Gasteiger partial charge in [-0.2, -0.15) is 0 Å². The first-order valence-corrected chi connectivity index (χ1v) is 9.28. The molecule has 1 aromatic rings. The molecule has 5 nitrogen and oxygen atoms in total. The molecule has 2 rings (SSSR count). The molecule has 120 valence electrons. The van der Waals surface area contributed by atoms with Crippen LogP contribution < -0.4 is 10.0 Å². The summed E-state index contributed by atoms with van der Waals surface area (Å²) in [5.74, 6) is 1.87. The summed E-state index contributed by atoms with van der Waals surface area (Å²) in [6.45, 7) is 6.13. The van der Waals surface area contributed by atoms with Gasteiger partial charge in [-0.15, -0.1) is 0 Å². The highest BCUT2D eigenvalue weighted by molar-refractivity contribution is 7.89. The van der Waals surface area contributed by atoms with Crippen molar-refractivity contribution in [1.82, 2.24) is 10.0 Å². The summed E-state index contributed by atoms with van der Waals surface area (Å²) in [5, 5.41) is 3.12. The Balaban J connectivity index is 1.87. The molecule has 2 N–H and O–H groups in total. The quantitative estimate of drug-likeness (QED) is 0.811. The molecular formula is C15H26N2O3S. The standard InChI is InChI=1S/C15H26N2O3S/c1-3-16-11-14-8-9-15(20-14)21(18,19)17-10-13-6-4-12(2)5-7-13/h8-9,12-13,16-17H,3-7,10-11H2,1-2H3. The molecule has 0 aliphatic heterocycles. The zero-order valence-corrected chi connectivity index (χ0v) is 13.7. The normalized spacial score (nSPS) is 23.3. The number of hydrogen-bond donors (Lipinski definition) is 2. The van der Waals surface area contributed by atoms with E-state index in [1.165, 1.54) is 18.9 Å². The molecule has 0 aromatic carbocycles. The third kappa shape index (κ3) is 4.83. The fourth-order valence-corrected chi connectivity index (χ4v) is 3.74. The fourth-order valence-electron chi connectivity index (χ4n) is 2.68. The van der Waals surface area contributed by atoms with E-state index in [0.717, 1.165) is 25.3 Å². The molecule has 1 fully saturated rings. The molecule has 0 radical (unpaired) electrons. The van der Waals surface area contributed by atoms with Gasteiger partial charge in [-0.1, -0.05) is 26.7 Å². The highest BCUT2D eigenvalue weighted by atomic mass is 32.2. The highest BCUT2D eigenvalue weighted by Gasteiger charge is 2.23.